The van der Waals surface area contributed by atoms with Gasteiger partial charge in [0, 0.05) is 38.8 Å². The lowest BCUT2D eigenvalue weighted by atomic mass is 10.2. The summed E-state index contributed by atoms with van der Waals surface area (Å²) in [5.74, 6) is 0. The summed E-state index contributed by atoms with van der Waals surface area (Å²) in [6.45, 7) is 9.16. The molecule has 5 nitrogen and oxygen atoms in total. The maximum absolute atomic E-state index is 8.91. The zero-order valence-electron chi connectivity index (χ0n) is 11.1. The fourth-order valence-corrected chi connectivity index (χ4v) is 2.68. The summed E-state index contributed by atoms with van der Waals surface area (Å²) in [5.41, 5.74) is 0. The van der Waals surface area contributed by atoms with Gasteiger partial charge < -0.3 is 10.1 Å². The van der Waals surface area contributed by atoms with E-state index in [2.05, 4.69) is 21.2 Å². The lowest BCUT2D eigenvalue weighted by Crippen LogP contribution is -2.46. The van der Waals surface area contributed by atoms with Crippen molar-refractivity contribution in [2.75, 3.05) is 59.0 Å². The third kappa shape index (κ3) is 4.21. The SMILES string of the molecule is N#CCC1CNCCCN1CCN1CCOCC1. The Balaban J connectivity index is 1.78. The molecule has 2 heterocycles. The third-order valence-electron chi connectivity index (χ3n) is 3.83. The van der Waals surface area contributed by atoms with Gasteiger partial charge in [0.1, 0.15) is 0 Å². The second-order valence-electron chi connectivity index (χ2n) is 5.06. The van der Waals surface area contributed by atoms with Gasteiger partial charge in [-0.05, 0) is 19.5 Å². The minimum atomic E-state index is 0.388. The lowest BCUT2D eigenvalue weighted by Gasteiger charge is -2.32. The van der Waals surface area contributed by atoms with Crippen LogP contribution in [-0.2, 0) is 4.74 Å². The van der Waals surface area contributed by atoms with Crippen LogP contribution in [0.4, 0.5) is 0 Å². The molecule has 0 aromatic heterocycles. The van der Waals surface area contributed by atoms with Crippen molar-refractivity contribution in [3.8, 4) is 6.07 Å². The topological polar surface area (TPSA) is 51.5 Å². The van der Waals surface area contributed by atoms with Gasteiger partial charge in [-0.15, -0.1) is 0 Å². The molecular formula is C13H24N4O. The smallest absolute Gasteiger partial charge is 0.0638 e. The number of hydrogen-bond donors (Lipinski definition) is 1. The summed E-state index contributed by atoms with van der Waals surface area (Å²) in [4.78, 5) is 4.95. The summed E-state index contributed by atoms with van der Waals surface area (Å²) in [7, 11) is 0. The maximum atomic E-state index is 8.91. The zero-order chi connectivity index (χ0) is 12.6. The van der Waals surface area contributed by atoms with Crippen LogP contribution < -0.4 is 5.32 Å². The summed E-state index contributed by atoms with van der Waals surface area (Å²) >= 11 is 0. The molecule has 2 fully saturated rings. The molecule has 5 heteroatoms. The van der Waals surface area contributed by atoms with Crippen molar-refractivity contribution in [1.82, 2.24) is 15.1 Å². The Morgan fingerprint density at radius 3 is 2.83 bits per heavy atom. The number of nitriles is 1. The predicted molar refractivity (Wildman–Crippen MR) is 70.3 cm³/mol. The second kappa shape index (κ2) is 7.70. The molecule has 2 saturated heterocycles. The fraction of sp³-hybridized carbons (Fsp3) is 0.923. The predicted octanol–water partition coefficient (Wildman–Crippen LogP) is -0.104. The minimum Gasteiger partial charge on any atom is -0.379 e. The molecule has 0 aliphatic carbocycles. The monoisotopic (exact) mass is 252 g/mol. The van der Waals surface area contributed by atoms with Crippen LogP contribution in [0.2, 0.25) is 0 Å². The molecule has 0 aromatic rings. The first-order chi connectivity index (χ1) is 8.90. The van der Waals surface area contributed by atoms with Gasteiger partial charge in [0.2, 0.25) is 0 Å². The van der Waals surface area contributed by atoms with Gasteiger partial charge in [-0.1, -0.05) is 0 Å². The molecule has 1 N–H and O–H groups in total. The van der Waals surface area contributed by atoms with Gasteiger partial charge in [0.05, 0.1) is 25.7 Å². The van der Waals surface area contributed by atoms with Crippen LogP contribution in [0, 0.1) is 11.3 Å². The summed E-state index contributed by atoms with van der Waals surface area (Å²) in [6.07, 6.45) is 1.82. The average Bonchev–Trinajstić information content (AvgIpc) is 2.64. The van der Waals surface area contributed by atoms with E-state index in [1.165, 1.54) is 6.42 Å². The van der Waals surface area contributed by atoms with E-state index in [1.807, 2.05) is 0 Å². The number of morpholine rings is 1. The van der Waals surface area contributed by atoms with E-state index in [9.17, 15) is 0 Å². The van der Waals surface area contributed by atoms with Crippen LogP contribution in [0.25, 0.3) is 0 Å². The van der Waals surface area contributed by atoms with Gasteiger partial charge >= 0.3 is 0 Å². The van der Waals surface area contributed by atoms with E-state index in [1.54, 1.807) is 0 Å². The van der Waals surface area contributed by atoms with Crippen molar-refractivity contribution < 1.29 is 4.74 Å². The maximum Gasteiger partial charge on any atom is 0.0638 e. The van der Waals surface area contributed by atoms with Crippen molar-refractivity contribution >= 4 is 0 Å². The molecule has 2 rings (SSSR count). The third-order valence-corrected chi connectivity index (χ3v) is 3.83. The number of rotatable bonds is 4. The molecule has 102 valence electrons. The zero-order valence-corrected chi connectivity index (χ0v) is 11.1. The van der Waals surface area contributed by atoms with Gasteiger partial charge in [-0.25, -0.2) is 0 Å². The van der Waals surface area contributed by atoms with Crippen molar-refractivity contribution in [3.05, 3.63) is 0 Å². The Labute approximate surface area is 110 Å². The van der Waals surface area contributed by atoms with Crippen molar-refractivity contribution in [2.24, 2.45) is 0 Å². The Kier molecular flexibility index (Phi) is 5.88. The highest BCUT2D eigenvalue weighted by atomic mass is 16.5. The van der Waals surface area contributed by atoms with Crippen molar-refractivity contribution in [3.63, 3.8) is 0 Å². The van der Waals surface area contributed by atoms with Crippen LogP contribution in [0.3, 0.4) is 0 Å². The molecule has 0 amide bonds. The van der Waals surface area contributed by atoms with Crippen molar-refractivity contribution in [1.29, 1.82) is 5.26 Å². The van der Waals surface area contributed by atoms with E-state index in [0.29, 0.717) is 12.5 Å². The lowest BCUT2D eigenvalue weighted by molar-refractivity contribution is 0.0314. The number of ether oxygens (including phenoxy) is 1. The average molecular weight is 252 g/mol. The first-order valence-electron chi connectivity index (χ1n) is 7.02. The first kappa shape index (κ1) is 13.8. The molecule has 1 unspecified atom stereocenters. The van der Waals surface area contributed by atoms with Crippen LogP contribution >= 0.6 is 0 Å². The molecule has 0 aromatic carbocycles. The Morgan fingerprint density at radius 2 is 2.06 bits per heavy atom. The summed E-state index contributed by atoms with van der Waals surface area (Å²) in [5, 5.41) is 12.3. The number of nitrogens with zero attached hydrogens (tertiary/aromatic N) is 3. The molecular weight excluding hydrogens is 228 g/mol. The molecule has 0 saturated carbocycles. The van der Waals surface area contributed by atoms with Crippen LogP contribution in [0.5, 0.6) is 0 Å². The van der Waals surface area contributed by atoms with Crippen LogP contribution in [0.15, 0.2) is 0 Å². The molecule has 1 atom stereocenters. The molecule has 0 bridgehead atoms. The van der Waals surface area contributed by atoms with E-state index in [0.717, 1.165) is 59.0 Å². The van der Waals surface area contributed by atoms with Gasteiger partial charge in [0.15, 0.2) is 0 Å². The number of nitrogens with one attached hydrogen (secondary N) is 1. The normalized spacial score (nSPS) is 27.6. The fourth-order valence-electron chi connectivity index (χ4n) is 2.68. The molecule has 2 aliphatic rings. The number of hydrogen-bond acceptors (Lipinski definition) is 5. The largest absolute Gasteiger partial charge is 0.379 e. The van der Waals surface area contributed by atoms with Crippen LogP contribution in [0.1, 0.15) is 12.8 Å². The summed E-state index contributed by atoms with van der Waals surface area (Å²) in [6, 6.07) is 2.71. The van der Waals surface area contributed by atoms with E-state index in [4.69, 9.17) is 10.00 Å². The van der Waals surface area contributed by atoms with Gasteiger partial charge in [-0.2, -0.15) is 5.26 Å². The van der Waals surface area contributed by atoms with E-state index < -0.39 is 0 Å². The minimum absolute atomic E-state index is 0.388. The van der Waals surface area contributed by atoms with Gasteiger partial charge in [-0.3, -0.25) is 9.80 Å². The second-order valence-corrected chi connectivity index (χ2v) is 5.06. The molecule has 2 aliphatic heterocycles. The molecule has 0 radical (unpaired) electrons. The Morgan fingerprint density at radius 1 is 1.22 bits per heavy atom. The van der Waals surface area contributed by atoms with Crippen LogP contribution in [-0.4, -0.2) is 74.9 Å². The first-order valence-corrected chi connectivity index (χ1v) is 7.02. The van der Waals surface area contributed by atoms with E-state index in [-0.39, 0.29) is 0 Å². The Bertz CT molecular complexity index is 273. The molecule has 18 heavy (non-hydrogen) atoms. The highest BCUT2D eigenvalue weighted by Crippen LogP contribution is 2.08. The Hall–Kier alpha value is -0.670. The highest BCUT2D eigenvalue weighted by molar-refractivity contribution is 4.86. The van der Waals surface area contributed by atoms with Crippen molar-refractivity contribution in [2.45, 2.75) is 18.9 Å². The summed E-state index contributed by atoms with van der Waals surface area (Å²) < 4.78 is 5.36. The standard InChI is InChI=1S/C13H24N4O/c14-3-2-13-12-15-4-1-5-17(13)7-6-16-8-10-18-11-9-16/h13,15H,1-2,4-12H2. The van der Waals surface area contributed by atoms with E-state index >= 15 is 0 Å². The van der Waals surface area contributed by atoms with Gasteiger partial charge in [0.25, 0.3) is 0 Å². The highest BCUT2D eigenvalue weighted by Gasteiger charge is 2.21. The molecule has 0 spiro atoms. The quantitative estimate of drug-likeness (QED) is 0.757.